The maximum absolute atomic E-state index is 6.22. The smallest absolute Gasteiger partial charge is 0.125 e. The van der Waals surface area contributed by atoms with Gasteiger partial charge in [-0.25, -0.2) is 0 Å². The summed E-state index contributed by atoms with van der Waals surface area (Å²) in [6.07, 6.45) is 0. The lowest BCUT2D eigenvalue weighted by Crippen LogP contribution is -2.04. The van der Waals surface area contributed by atoms with E-state index >= 15 is 0 Å². The molecule has 4 aromatic rings. The molecule has 0 spiro atoms. The second-order valence-corrected chi connectivity index (χ2v) is 7.68. The third kappa shape index (κ3) is 4.72. The van der Waals surface area contributed by atoms with Crippen LogP contribution in [0.4, 0.5) is 5.69 Å². The fraction of sp³-hybridized carbons (Fsp3) is 0.120. The molecule has 4 rings (SSSR count). The highest BCUT2D eigenvalue weighted by atomic mass is 79.9. The van der Waals surface area contributed by atoms with Gasteiger partial charge in [0.1, 0.15) is 18.1 Å². The minimum Gasteiger partial charge on any atom is -0.497 e. The molecule has 0 saturated carbocycles. The average Bonchev–Trinajstić information content (AvgIpc) is 2.78. The van der Waals surface area contributed by atoms with Crippen LogP contribution in [0.3, 0.4) is 0 Å². The maximum Gasteiger partial charge on any atom is 0.125 e. The van der Waals surface area contributed by atoms with E-state index < -0.39 is 0 Å². The number of anilines is 1. The van der Waals surface area contributed by atoms with Gasteiger partial charge in [-0.1, -0.05) is 58.4 Å². The molecule has 3 nitrogen and oxygen atoms in total. The molecule has 0 atom stereocenters. The Kier molecular flexibility index (Phi) is 6.01. The third-order valence-corrected chi connectivity index (χ3v) is 5.39. The highest BCUT2D eigenvalue weighted by molar-refractivity contribution is 9.10. The van der Waals surface area contributed by atoms with Gasteiger partial charge in [-0.05, 0) is 58.8 Å². The Labute approximate surface area is 179 Å². The van der Waals surface area contributed by atoms with E-state index in [2.05, 4.69) is 69.8 Å². The van der Waals surface area contributed by atoms with Crippen molar-refractivity contribution in [2.75, 3.05) is 12.4 Å². The standard InChI is InChI=1S/C25H22BrNO2/c1-28-22-13-11-21(12-14-22)27-16-24-23-5-3-2-4-19(23)8-15-25(24)29-17-18-6-9-20(26)10-7-18/h2-15,27H,16-17H2,1H3. The van der Waals surface area contributed by atoms with Crippen LogP contribution in [0, 0.1) is 0 Å². The van der Waals surface area contributed by atoms with E-state index in [9.17, 15) is 0 Å². The fourth-order valence-electron chi connectivity index (χ4n) is 3.27. The van der Waals surface area contributed by atoms with Crippen molar-refractivity contribution in [2.24, 2.45) is 0 Å². The average molecular weight is 448 g/mol. The lowest BCUT2D eigenvalue weighted by atomic mass is 10.0. The zero-order chi connectivity index (χ0) is 20.1. The molecule has 0 fully saturated rings. The summed E-state index contributed by atoms with van der Waals surface area (Å²) in [5.41, 5.74) is 3.32. The first kappa shape index (κ1) is 19.3. The summed E-state index contributed by atoms with van der Waals surface area (Å²) in [5, 5.41) is 5.91. The summed E-state index contributed by atoms with van der Waals surface area (Å²) in [6, 6.07) is 28.7. The zero-order valence-corrected chi connectivity index (χ0v) is 17.8. The van der Waals surface area contributed by atoms with Crippen molar-refractivity contribution in [3.05, 3.63) is 101 Å². The Bertz CT molecular complexity index is 1090. The van der Waals surface area contributed by atoms with Crippen LogP contribution in [0.15, 0.2) is 89.4 Å². The number of fused-ring (bicyclic) bond motifs is 1. The number of hydrogen-bond acceptors (Lipinski definition) is 3. The van der Waals surface area contributed by atoms with E-state index in [1.54, 1.807) is 7.11 Å². The van der Waals surface area contributed by atoms with Gasteiger partial charge in [0, 0.05) is 22.3 Å². The normalized spacial score (nSPS) is 10.7. The Morgan fingerprint density at radius 3 is 2.34 bits per heavy atom. The number of ether oxygens (including phenoxy) is 2. The van der Waals surface area contributed by atoms with Gasteiger partial charge in [0.15, 0.2) is 0 Å². The Morgan fingerprint density at radius 2 is 1.59 bits per heavy atom. The monoisotopic (exact) mass is 447 g/mol. The van der Waals surface area contributed by atoms with Crippen molar-refractivity contribution in [3.8, 4) is 11.5 Å². The molecular weight excluding hydrogens is 426 g/mol. The minimum atomic E-state index is 0.529. The van der Waals surface area contributed by atoms with Crippen molar-refractivity contribution in [1.82, 2.24) is 0 Å². The van der Waals surface area contributed by atoms with Crippen LogP contribution in [0.1, 0.15) is 11.1 Å². The van der Waals surface area contributed by atoms with E-state index in [-0.39, 0.29) is 0 Å². The highest BCUT2D eigenvalue weighted by Crippen LogP contribution is 2.30. The Morgan fingerprint density at radius 1 is 0.828 bits per heavy atom. The molecule has 0 aliphatic heterocycles. The van der Waals surface area contributed by atoms with Gasteiger partial charge in [0.25, 0.3) is 0 Å². The van der Waals surface area contributed by atoms with E-state index in [0.717, 1.165) is 32.8 Å². The number of nitrogens with one attached hydrogen (secondary N) is 1. The summed E-state index contributed by atoms with van der Waals surface area (Å²) < 4.78 is 12.5. The van der Waals surface area contributed by atoms with Gasteiger partial charge in [0.05, 0.1) is 7.11 Å². The van der Waals surface area contributed by atoms with Crippen LogP contribution in [0.25, 0.3) is 10.8 Å². The van der Waals surface area contributed by atoms with Gasteiger partial charge in [0.2, 0.25) is 0 Å². The lowest BCUT2D eigenvalue weighted by Gasteiger charge is -2.16. The molecule has 29 heavy (non-hydrogen) atoms. The van der Waals surface area contributed by atoms with Gasteiger partial charge in [-0.3, -0.25) is 0 Å². The first-order valence-electron chi connectivity index (χ1n) is 9.49. The van der Waals surface area contributed by atoms with Crippen molar-refractivity contribution < 1.29 is 9.47 Å². The van der Waals surface area contributed by atoms with E-state index in [1.807, 2.05) is 36.4 Å². The molecule has 1 N–H and O–H groups in total. The summed E-state index contributed by atoms with van der Waals surface area (Å²) in [7, 11) is 1.67. The molecule has 0 saturated heterocycles. The zero-order valence-electron chi connectivity index (χ0n) is 16.2. The van der Waals surface area contributed by atoms with Crippen molar-refractivity contribution in [3.63, 3.8) is 0 Å². The van der Waals surface area contributed by atoms with Gasteiger partial charge in [-0.15, -0.1) is 0 Å². The molecule has 4 aromatic carbocycles. The molecule has 0 aromatic heterocycles. The van der Waals surface area contributed by atoms with Gasteiger partial charge in [-0.2, -0.15) is 0 Å². The maximum atomic E-state index is 6.22. The second kappa shape index (κ2) is 9.01. The molecule has 0 aliphatic rings. The van der Waals surface area contributed by atoms with Crippen LogP contribution in [0.5, 0.6) is 11.5 Å². The van der Waals surface area contributed by atoms with Crippen LogP contribution in [-0.2, 0) is 13.2 Å². The number of methoxy groups -OCH3 is 1. The second-order valence-electron chi connectivity index (χ2n) is 6.76. The van der Waals surface area contributed by atoms with Crippen LogP contribution in [-0.4, -0.2) is 7.11 Å². The Balaban J connectivity index is 1.58. The third-order valence-electron chi connectivity index (χ3n) is 4.86. The van der Waals surface area contributed by atoms with Crippen molar-refractivity contribution >= 4 is 32.4 Å². The summed E-state index contributed by atoms with van der Waals surface area (Å²) in [6.45, 7) is 1.20. The van der Waals surface area contributed by atoms with Gasteiger partial charge >= 0.3 is 0 Å². The SMILES string of the molecule is COc1ccc(NCc2c(OCc3ccc(Br)cc3)ccc3ccccc23)cc1. The largest absolute Gasteiger partial charge is 0.497 e. The molecule has 4 heteroatoms. The topological polar surface area (TPSA) is 30.5 Å². The van der Waals surface area contributed by atoms with E-state index in [0.29, 0.717) is 13.2 Å². The van der Waals surface area contributed by atoms with Crippen LogP contribution in [0.2, 0.25) is 0 Å². The summed E-state index contributed by atoms with van der Waals surface area (Å²) in [5.74, 6) is 1.74. The Hall–Kier alpha value is -2.98. The number of hydrogen-bond donors (Lipinski definition) is 1. The van der Waals surface area contributed by atoms with E-state index in [1.165, 1.54) is 10.8 Å². The highest BCUT2D eigenvalue weighted by Gasteiger charge is 2.10. The van der Waals surface area contributed by atoms with Crippen LogP contribution >= 0.6 is 15.9 Å². The molecule has 0 radical (unpaired) electrons. The quantitative estimate of drug-likeness (QED) is 0.337. The minimum absolute atomic E-state index is 0.529. The van der Waals surface area contributed by atoms with Crippen molar-refractivity contribution in [2.45, 2.75) is 13.2 Å². The van der Waals surface area contributed by atoms with Gasteiger partial charge < -0.3 is 14.8 Å². The first-order valence-corrected chi connectivity index (χ1v) is 10.3. The predicted molar refractivity (Wildman–Crippen MR) is 123 cm³/mol. The summed E-state index contributed by atoms with van der Waals surface area (Å²) >= 11 is 3.47. The molecule has 0 aliphatic carbocycles. The molecule has 0 amide bonds. The molecular formula is C25H22BrNO2. The van der Waals surface area contributed by atoms with E-state index in [4.69, 9.17) is 9.47 Å². The molecule has 0 heterocycles. The fourth-order valence-corrected chi connectivity index (χ4v) is 3.54. The number of rotatable bonds is 7. The molecule has 0 bridgehead atoms. The molecule has 146 valence electrons. The van der Waals surface area contributed by atoms with Crippen molar-refractivity contribution in [1.29, 1.82) is 0 Å². The predicted octanol–water partition coefficient (Wildman–Crippen LogP) is 6.80. The summed E-state index contributed by atoms with van der Waals surface area (Å²) in [4.78, 5) is 0. The first-order chi connectivity index (χ1) is 14.2. The molecule has 0 unspecified atom stereocenters. The van der Waals surface area contributed by atoms with Crippen LogP contribution < -0.4 is 14.8 Å². The lowest BCUT2D eigenvalue weighted by molar-refractivity contribution is 0.304. The number of halogens is 1. The number of benzene rings is 4.